The van der Waals surface area contributed by atoms with Gasteiger partial charge in [0, 0.05) is 11.6 Å². The van der Waals surface area contributed by atoms with Gasteiger partial charge in [0.25, 0.3) is 5.91 Å². The molecule has 2 aromatic carbocycles. The molecule has 2 aliphatic rings. The molecule has 2 fully saturated rings. The maximum Gasteiger partial charge on any atom is 0.251 e. The largest absolute Gasteiger partial charge is 0.349 e. The van der Waals surface area contributed by atoms with Crippen LogP contribution in [0.15, 0.2) is 54.6 Å². The molecule has 0 saturated heterocycles. The zero-order valence-corrected chi connectivity index (χ0v) is 14.2. The Labute approximate surface area is 144 Å². The topological polar surface area (TPSA) is 29.1 Å². The minimum Gasteiger partial charge on any atom is -0.349 e. The number of rotatable bonds is 4. The molecule has 2 bridgehead atoms. The van der Waals surface area contributed by atoms with E-state index < -0.39 is 0 Å². The first-order valence-corrected chi connectivity index (χ1v) is 9.17. The molecular formula is C22H25NO. The lowest BCUT2D eigenvalue weighted by Gasteiger charge is -2.28. The summed E-state index contributed by atoms with van der Waals surface area (Å²) < 4.78 is 0. The van der Waals surface area contributed by atoms with Crippen LogP contribution in [0.3, 0.4) is 0 Å². The Bertz CT molecular complexity index is 707. The van der Waals surface area contributed by atoms with Crippen molar-refractivity contribution in [2.75, 3.05) is 0 Å². The van der Waals surface area contributed by atoms with Crippen molar-refractivity contribution in [1.29, 1.82) is 0 Å². The van der Waals surface area contributed by atoms with E-state index in [1.807, 2.05) is 42.5 Å². The number of fused-ring (bicyclic) bond motifs is 2. The van der Waals surface area contributed by atoms with E-state index in [0.29, 0.717) is 5.92 Å². The lowest BCUT2D eigenvalue weighted by molar-refractivity contribution is 0.0915. The van der Waals surface area contributed by atoms with E-state index in [-0.39, 0.29) is 11.9 Å². The fourth-order valence-corrected chi connectivity index (χ4v) is 4.75. The zero-order valence-electron chi connectivity index (χ0n) is 14.2. The highest BCUT2D eigenvalue weighted by Crippen LogP contribution is 2.49. The number of hydrogen-bond donors (Lipinski definition) is 1. The van der Waals surface area contributed by atoms with Crippen molar-refractivity contribution >= 4 is 5.91 Å². The first-order valence-electron chi connectivity index (χ1n) is 9.17. The molecule has 4 rings (SSSR count). The van der Waals surface area contributed by atoms with Crippen molar-refractivity contribution < 1.29 is 4.79 Å². The number of benzene rings is 2. The van der Waals surface area contributed by atoms with Gasteiger partial charge in [0.1, 0.15) is 0 Å². The van der Waals surface area contributed by atoms with Gasteiger partial charge in [-0.15, -0.1) is 0 Å². The Morgan fingerprint density at radius 3 is 2.29 bits per heavy atom. The van der Waals surface area contributed by atoms with Crippen LogP contribution in [0, 0.1) is 17.8 Å². The van der Waals surface area contributed by atoms with Gasteiger partial charge in [-0.1, -0.05) is 48.9 Å². The molecule has 0 spiro atoms. The SMILES string of the molecule is C[C@H](NC(=O)c1ccc(-c2ccccc2)cc1)[C@@H]1C[C@@H]2CC[C@@H]1C2. The van der Waals surface area contributed by atoms with Gasteiger partial charge >= 0.3 is 0 Å². The van der Waals surface area contributed by atoms with Crippen LogP contribution in [0.4, 0.5) is 0 Å². The zero-order chi connectivity index (χ0) is 16.5. The van der Waals surface area contributed by atoms with Crippen LogP contribution in [0.2, 0.25) is 0 Å². The maximum absolute atomic E-state index is 12.6. The molecule has 2 aromatic rings. The second kappa shape index (κ2) is 6.43. The van der Waals surface area contributed by atoms with Gasteiger partial charge in [0.15, 0.2) is 0 Å². The number of nitrogens with one attached hydrogen (secondary N) is 1. The summed E-state index contributed by atoms with van der Waals surface area (Å²) in [6.07, 6.45) is 5.46. The van der Waals surface area contributed by atoms with Crippen LogP contribution in [-0.2, 0) is 0 Å². The normalized spacial score (nSPS) is 26.3. The van der Waals surface area contributed by atoms with Gasteiger partial charge in [-0.25, -0.2) is 0 Å². The van der Waals surface area contributed by atoms with E-state index >= 15 is 0 Å². The molecule has 2 saturated carbocycles. The van der Waals surface area contributed by atoms with Crippen molar-refractivity contribution in [2.24, 2.45) is 17.8 Å². The van der Waals surface area contributed by atoms with Crippen molar-refractivity contribution in [3.05, 3.63) is 60.2 Å². The predicted molar refractivity (Wildman–Crippen MR) is 97.7 cm³/mol. The molecule has 4 atom stereocenters. The maximum atomic E-state index is 12.6. The average molecular weight is 319 g/mol. The molecular weight excluding hydrogens is 294 g/mol. The summed E-state index contributed by atoms with van der Waals surface area (Å²) in [5, 5.41) is 3.24. The number of carbonyl (C=O) groups excluding carboxylic acids is 1. The van der Waals surface area contributed by atoms with Crippen molar-refractivity contribution in [3.63, 3.8) is 0 Å². The molecule has 1 amide bonds. The summed E-state index contributed by atoms with van der Waals surface area (Å²) in [6.45, 7) is 2.18. The van der Waals surface area contributed by atoms with Crippen LogP contribution in [0.25, 0.3) is 11.1 Å². The molecule has 0 aliphatic heterocycles. The standard InChI is InChI=1S/C22H25NO/c1-15(21-14-16-7-8-20(21)13-16)23-22(24)19-11-9-18(10-12-19)17-5-3-2-4-6-17/h2-6,9-12,15-16,20-21H,7-8,13-14H2,1H3,(H,23,24)/t15-,16+,20+,21-/m0/s1. The number of amides is 1. The Morgan fingerprint density at radius 2 is 1.67 bits per heavy atom. The molecule has 124 valence electrons. The Kier molecular flexibility index (Phi) is 4.13. The average Bonchev–Trinajstić information content (AvgIpc) is 3.26. The highest BCUT2D eigenvalue weighted by molar-refractivity contribution is 5.94. The monoisotopic (exact) mass is 319 g/mol. The third kappa shape index (κ3) is 2.98. The van der Waals surface area contributed by atoms with Gasteiger partial charge in [-0.2, -0.15) is 0 Å². The Morgan fingerprint density at radius 1 is 0.958 bits per heavy atom. The minimum atomic E-state index is 0.0601. The van der Waals surface area contributed by atoms with Crippen LogP contribution >= 0.6 is 0 Å². The first-order chi connectivity index (χ1) is 11.7. The molecule has 0 aromatic heterocycles. The van der Waals surface area contributed by atoms with Gasteiger partial charge < -0.3 is 5.32 Å². The molecule has 2 heteroatoms. The summed E-state index contributed by atoms with van der Waals surface area (Å²) in [4.78, 5) is 12.6. The molecule has 0 radical (unpaired) electrons. The first kappa shape index (κ1) is 15.4. The van der Waals surface area contributed by atoms with E-state index in [1.165, 1.54) is 31.2 Å². The van der Waals surface area contributed by atoms with Crippen LogP contribution < -0.4 is 5.32 Å². The van der Waals surface area contributed by atoms with E-state index in [9.17, 15) is 4.79 Å². The van der Waals surface area contributed by atoms with E-state index in [0.717, 1.165) is 23.0 Å². The summed E-state index contributed by atoms with van der Waals surface area (Å²) in [6, 6.07) is 18.5. The third-order valence-corrected chi connectivity index (χ3v) is 6.05. The molecule has 2 nitrogen and oxygen atoms in total. The van der Waals surface area contributed by atoms with Crippen molar-refractivity contribution in [2.45, 2.75) is 38.6 Å². The van der Waals surface area contributed by atoms with Gasteiger partial charge in [-0.05, 0) is 67.2 Å². The van der Waals surface area contributed by atoms with Crippen molar-refractivity contribution in [1.82, 2.24) is 5.32 Å². The minimum absolute atomic E-state index is 0.0601. The lowest BCUT2D eigenvalue weighted by Crippen LogP contribution is -2.40. The summed E-state index contributed by atoms with van der Waals surface area (Å²) in [7, 11) is 0. The highest BCUT2D eigenvalue weighted by Gasteiger charge is 2.42. The molecule has 2 aliphatic carbocycles. The van der Waals surface area contributed by atoms with E-state index in [1.54, 1.807) is 0 Å². The fourth-order valence-electron chi connectivity index (χ4n) is 4.75. The quantitative estimate of drug-likeness (QED) is 0.852. The fraction of sp³-hybridized carbons (Fsp3) is 0.409. The van der Waals surface area contributed by atoms with Crippen LogP contribution in [0.1, 0.15) is 43.0 Å². The van der Waals surface area contributed by atoms with Gasteiger partial charge in [0.05, 0.1) is 0 Å². The summed E-state index contributed by atoms with van der Waals surface area (Å²) >= 11 is 0. The number of carbonyl (C=O) groups is 1. The molecule has 0 heterocycles. The molecule has 1 N–H and O–H groups in total. The lowest BCUT2D eigenvalue weighted by atomic mass is 9.84. The molecule has 0 unspecified atom stereocenters. The van der Waals surface area contributed by atoms with E-state index in [4.69, 9.17) is 0 Å². The summed E-state index contributed by atoms with van der Waals surface area (Å²) in [5.74, 6) is 2.50. The van der Waals surface area contributed by atoms with Crippen LogP contribution in [-0.4, -0.2) is 11.9 Å². The highest BCUT2D eigenvalue weighted by atomic mass is 16.1. The van der Waals surface area contributed by atoms with Crippen molar-refractivity contribution in [3.8, 4) is 11.1 Å². The Hall–Kier alpha value is -2.09. The smallest absolute Gasteiger partial charge is 0.251 e. The second-order valence-corrected chi connectivity index (χ2v) is 7.54. The summed E-state index contributed by atoms with van der Waals surface area (Å²) in [5.41, 5.74) is 3.08. The van der Waals surface area contributed by atoms with Crippen LogP contribution in [0.5, 0.6) is 0 Å². The van der Waals surface area contributed by atoms with E-state index in [2.05, 4.69) is 24.4 Å². The second-order valence-electron chi connectivity index (χ2n) is 7.54. The number of hydrogen-bond acceptors (Lipinski definition) is 1. The van der Waals surface area contributed by atoms with Gasteiger partial charge in [0.2, 0.25) is 0 Å². The third-order valence-electron chi connectivity index (χ3n) is 6.05. The predicted octanol–water partition coefficient (Wildman–Crippen LogP) is 4.91. The molecule has 24 heavy (non-hydrogen) atoms. The van der Waals surface area contributed by atoms with Gasteiger partial charge in [-0.3, -0.25) is 4.79 Å². The Balaban J connectivity index is 1.41.